The Hall–Kier alpha value is -1.74. The number of phosphoric ester groups is 1. The molecule has 0 radical (unpaired) electrons. The highest BCUT2D eigenvalue weighted by Crippen LogP contribution is 2.43. The van der Waals surface area contributed by atoms with Crippen molar-refractivity contribution in [1.82, 2.24) is 5.32 Å². The van der Waals surface area contributed by atoms with Crippen LogP contribution in [-0.2, 0) is 37.5 Å². The van der Waals surface area contributed by atoms with Gasteiger partial charge in [-0.05, 0) is 44.9 Å². The first-order valence-electron chi connectivity index (χ1n) is 18.1. The van der Waals surface area contributed by atoms with Crippen LogP contribution in [0.25, 0.3) is 0 Å². The third-order valence-electron chi connectivity index (χ3n) is 7.47. The number of allylic oxidation sites excluding steroid dienone is 2. The van der Waals surface area contributed by atoms with E-state index in [0.29, 0.717) is 19.3 Å². The number of amides is 1. The summed E-state index contributed by atoms with van der Waals surface area (Å²) in [6.45, 7) is 5.37. The number of carbonyl (C=O) groups is 3. The molecule has 0 fully saturated rings. The molecule has 1 amide bonds. The third-order valence-corrected chi connectivity index (χ3v) is 8.45. The van der Waals surface area contributed by atoms with Crippen LogP contribution < -0.4 is 5.32 Å². The smallest absolute Gasteiger partial charge is 0.462 e. The molecule has 0 aliphatic carbocycles. The van der Waals surface area contributed by atoms with Gasteiger partial charge < -0.3 is 19.7 Å². The average Bonchev–Trinajstić information content (AvgIpc) is 3.02. The van der Waals surface area contributed by atoms with Crippen molar-refractivity contribution >= 4 is 25.7 Å². The largest absolute Gasteiger partial charge is 0.472 e. The highest BCUT2D eigenvalue weighted by molar-refractivity contribution is 7.47. The summed E-state index contributed by atoms with van der Waals surface area (Å²) in [6.07, 6.45) is 24.9. The molecule has 0 bridgehead atoms. The number of hydrogen-bond donors (Lipinski definition) is 2. The van der Waals surface area contributed by atoms with Gasteiger partial charge in [-0.3, -0.25) is 23.4 Å². The van der Waals surface area contributed by atoms with Crippen molar-refractivity contribution in [2.75, 3.05) is 26.4 Å². The first-order valence-corrected chi connectivity index (χ1v) is 19.6. The average molecular weight is 676 g/mol. The summed E-state index contributed by atoms with van der Waals surface area (Å²) in [5, 5.41) is 2.69. The van der Waals surface area contributed by atoms with Gasteiger partial charge >= 0.3 is 19.8 Å². The minimum atomic E-state index is -4.49. The fraction of sp³-hybridized carbons (Fsp3) is 0.857. The predicted octanol–water partition coefficient (Wildman–Crippen LogP) is 8.89. The molecule has 0 aromatic heterocycles. The molecule has 270 valence electrons. The van der Waals surface area contributed by atoms with E-state index in [1.165, 1.54) is 51.4 Å². The summed E-state index contributed by atoms with van der Waals surface area (Å²) in [5.41, 5.74) is 0. The van der Waals surface area contributed by atoms with E-state index in [0.717, 1.165) is 57.8 Å². The van der Waals surface area contributed by atoms with E-state index < -0.39 is 32.5 Å². The van der Waals surface area contributed by atoms with Crippen molar-refractivity contribution in [3.8, 4) is 0 Å². The van der Waals surface area contributed by atoms with E-state index in [2.05, 4.69) is 24.4 Å². The standard InChI is InChI=1S/C35H66NO9P/c1-4-7-10-11-12-13-14-15-16-17-18-19-20-21-24-25-33(37)36-28-29-43-46(40,41)44-31-32(45-35(39)27-23-9-6-3)30-42-34(38)26-22-8-5-2/h15-16,32H,4-14,17-31H2,1-3H3,(H,36,37)(H,40,41)/b16-15-/t32-/m1/s1. The second kappa shape index (κ2) is 31.8. The first kappa shape index (κ1) is 44.3. The van der Waals surface area contributed by atoms with Crippen LogP contribution >= 0.6 is 7.82 Å². The van der Waals surface area contributed by atoms with Crippen LogP contribution in [0.2, 0.25) is 0 Å². The van der Waals surface area contributed by atoms with Gasteiger partial charge in [0, 0.05) is 25.8 Å². The molecular formula is C35H66NO9P. The van der Waals surface area contributed by atoms with Crippen LogP contribution in [0, 0.1) is 0 Å². The molecule has 46 heavy (non-hydrogen) atoms. The van der Waals surface area contributed by atoms with Gasteiger partial charge in [-0.1, -0.05) is 110 Å². The maximum Gasteiger partial charge on any atom is 0.472 e. The molecule has 10 nitrogen and oxygen atoms in total. The lowest BCUT2D eigenvalue weighted by Crippen LogP contribution is -2.30. The lowest BCUT2D eigenvalue weighted by Gasteiger charge is -2.20. The minimum Gasteiger partial charge on any atom is -0.462 e. The summed E-state index contributed by atoms with van der Waals surface area (Å²) in [7, 11) is -4.49. The Labute approximate surface area is 279 Å². The quantitative estimate of drug-likeness (QED) is 0.0302. The van der Waals surface area contributed by atoms with E-state index in [-0.39, 0.29) is 38.5 Å². The molecule has 1 unspecified atom stereocenters. The Balaban J connectivity index is 4.11. The zero-order chi connectivity index (χ0) is 34.1. The minimum absolute atomic E-state index is 0.0586. The molecule has 2 N–H and O–H groups in total. The lowest BCUT2D eigenvalue weighted by molar-refractivity contribution is -0.161. The molecule has 0 spiro atoms. The second-order valence-electron chi connectivity index (χ2n) is 12.0. The molecular weight excluding hydrogens is 609 g/mol. The predicted molar refractivity (Wildman–Crippen MR) is 183 cm³/mol. The van der Waals surface area contributed by atoms with Crippen molar-refractivity contribution < 1.29 is 42.4 Å². The van der Waals surface area contributed by atoms with Gasteiger partial charge in [0.25, 0.3) is 0 Å². The Kier molecular flexibility index (Phi) is 30.6. The Morgan fingerprint density at radius 1 is 0.652 bits per heavy atom. The molecule has 0 aromatic carbocycles. The van der Waals surface area contributed by atoms with Crippen LogP contribution in [0.4, 0.5) is 0 Å². The molecule has 0 aliphatic heterocycles. The van der Waals surface area contributed by atoms with E-state index >= 15 is 0 Å². The van der Waals surface area contributed by atoms with Gasteiger partial charge in [0.15, 0.2) is 6.10 Å². The molecule has 0 aromatic rings. The number of esters is 2. The van der Waals surface area contributed by atoms with Crippen LogP contribution in [-0.4, -0.2) is 55.2 Å². The summed E-state index contributed by atoms with van der Waals surface area (Å²) < 4.78 is 32.9. The monoisotopic (exact) mass is 675 g/mol. The van der Waals surface area contributed by atoms with Gasteiger partial charge in [-0.2, -0.15) is 0 Å². The van der Waals surface area contributed by atoms with Crippen molar-refractivity contribution in [3.63, 3.8) is 0 Å². The van der Waals surface area contributed by atoms with Gasteiger partial charge in [-0.25, -0.2) is 4.57 Å². The molecule has 0 aliphatic rings. The maximum absolute atomic E-state index is 12.3. The van der Waals surface area contributed by atoms with Crippen LogP contribution in [0.5, 0.6) is 0 Å². The molecule has 11 heteroatoms. The van der Waals surface area contributed by atoms with Crippen molar-refractivity contribution in [3.05, 3.63) is 12.2 Å². The highest BCUT2D eigenvalue weighted by Gasteiger charge is 2.26. The fourth-order valence-corrected chi connectivity index (χ4v) is 5.42. The summed E-state index contributed by atoms with van der Waals surface area (Å²) in [5.74, 6) is -1.06. The summed E-state index contributed by atoms with van der Waals surface area (Å²) in [6, 6.07) is 0. The van der Waals surface area contributed by atoms with Gasteiger partial charge in [0.05, 0.1) is 13.2 Å². The van der Waals surface area contributed by atoms with Gasteiger partial charge in [-0.15, -0.1) is 0 Å². The Morgan fingerprint density at radius 3 is 1.76 bits per heavy atom. The third kappa shape index (κ3) is 30.9. The van der Waals surface area contributed by atoms with E-state index in [9.17, 15) is 23.8 Å². The zero-order valence-electron chi connectivity index (χ0n) is 29.3. The Morgan fingerprint density at radius 2 is 1.15 bits per heavy atom. The first-order chi connectivity index (χ1) is 22.2. The number of rotatable bonds is 33. The van der Waals surface area contributed by atoms with Gasteiger partial charge in [0.1, 0.15) is 6.61 Å². The van der Waals surface area contributed by atoms with E-state index in [4.69, 9.17) is 18.5 Å². The fourth-order valence-electron chi connectivity index (χ4n) is 4.67. The second-order valence-corrected chi connectivity index (χ2v) is 13.4. The zero-order valence-corrected chi connectivity index (χ0v) is 30.2. The number of carbonyl (C=O) groups excluding carboxylic acids is 3. The molecule has 0 rings (SSSR count). The summed E-state index contributed by atoms with van der Waals surface area (Å²) in [4.78, 5) is 46.3. The molecule has 0 heterocycles. The topological polar surface area (TPSA) is 137 Å². The maximum atomic E-state index is 12.3. The van der Waals surface area contributed by atoms with Crippen molar-refractivity contribution in [2.45, 2.75) is 168 Å². The highest BCUT2D eigenvalue weighted by atomic mass is 31.2. The number of phosphoric acid groups is 1. The number of ether oxygens (including phenoxy) is 2. The van der Waals surface area contributed by atoms with Crippen LogP contribution in [0.15, 0.2) is 12.2 Å². The van der Waals surface area contributed by atoms with Crippen LogP contribution in [0.1, 0.15) is 162 Å². The van der Waals surface area contributed by atoms with Crippen molar-refractivity contribution in [2.24, 2.45) is 0 Å². The number of unbranched alkanes of at least 4 members (excludes halogenated alkanes) is 15. The summed E-state index contributed by atoms with van der Waals surface area (Å²) >= 11 is 0. The van der Waals surface area contributed by atoms with Gasteiger partial charge in [0.2, 0.25) is 5.91 Å². The van der Waals surface area contributed by atoms with Crippen molar-refractivity contribution in [1.29, 1.82) is 0 Å². The van der Waals surface area contributed by atoms with Crippen LogP contribution in [0.3, 0.4) is 0 Å². The number of hydrogen-bond acceptors (Lipinski definition) is 8. The normalized spacial score (nSPS) is 13.4. The molecule has 0 saturated carbocycles. The number of nitrogens with one attached hydrogen (secondary N) is 1. The Bertz CT molecular complexity index is 837. The molecule has 0 saturated heterocycles. The SMILES string of the molecule is CCCCCCCC/C=C\CCCCCCCC(=O)NCCOP(=O)(O)OC[C@@H](COC(=O)CCCCC)OC(=O)CCCCC. The molecule has 2 atom stereocenters. The lowest BCUT2D eigenvalue weighted by atomic mass is 10.1. The van der Waals surface area contributed by atoms with E-state index in [1.807, 2.05) is 13.8 Å². The van der Waals surface area contributed by atoms with E-state index in [1.54, 1.807) is 0 Å².